The van der Waals surface area contributed by atoms with Crippen molar-refractivity contribution < 1.29 is 17.9 Å². The second kappa shape index (κ2) is 8.32. The van der Waals surface area contributed by atoms with Gasteiger partial charge in [-0.1, -0.05) is 31.2 Å². The average molecular weight is 435 g/mol. The number of ether oxygens (including phenoxy) is 2. The Labute approximate surface area is 182 Å². The summed E-state index contributed by atoms with van der Waals surface area (Å²) < 4.78 is 39.2. The Morgan fingerprint density at radius 3 is 2.45 bits per heavy atom. The summed E-state index contributed by atoms with van der Waals surface area (Å²) in [5, 5.41) is 9.21. The van der Waals surface area contributed by atoms with E-state index >= 15 is 0 Å². The molecule has 0 saturated heterocycles. The van der Waals surface area contributed by atoms with Crippen LogP contribution in [-0.4, -0.2) is 28.7 Å². The van der Waals surface area contributed by atoms with Crippen LogP contribution in [0, 0.1) is 11.3 Å². The average Bonchev–Trinajstić information content (AvgIpc) is 2.82. The first-order valence-electron chi connectivity index (χ1n) is 9.95. The molecule has 6 nitrogen and oxygen atoms in total. The van der Waals surface area contributed by atoms with Gasteiger partial charge in [0.1, 0.15) is 24.2 Å². The molecule has 1 aliphatic rings. The van der Waals surface area contributed by atoms with Crippen molar-refractivity contribution in [2.45, 2.75) is 18.2 Å². The smallest absolute Gasteiger partial charge is 0.264 e. The topological polar surface area (TPSA) is 79.6 Å². The Balaban J connectivity index is 1.77. The molecular formula is C24H22N2O4S. The molecule has 0 bridgehead atoms. The van der Waals surface area contributed by atoms with Gasteiger partial charge in [0.15, 0.2) is 0 Å². The molecule has 4 rings (SSSR count). The van der Waals surface area contributed by atoms with Gasteiger partial charge in [-0.2, -0.15) is 5.26 Å². The van der Waals surface area contributed by atoms with Crippen LogP contribution in [0.3, 0.4) is 0 Å². The van der Waals surface area contributed by atoms with E-state index in [4.69, 9.17) is 9.47 Å². The second-order valence-electron chi connectivity index (χ2n) is 7.13. The number of hydrogen-bond donors (Lipinski definition) is 0. The van der Waals surface area contributed by atoms with Gasteiger partial charge in [-0.15, -0.1) is 0 Å². The molecule has 0 aromatic heterocycles. The Kier molecular flexibility index (Phi) is 5.57. The van der Waals surface area contributed by atoms with Crippen LogP contribution in [0.4, 0.5) is 5.69 Å². The first kappa shape index (κ1) is 20.8. The van der Waals surface area contributed by atoms with Crippen molar-refractivity contribution >= 4 is 15.7 Å². The standard InChI is InChI=1S/C24H22N2O4S/c1-3-17-4-9-21(10-5-17)31(27,28)26-12-13-30-23-11-8-18(14-22(23)26)19-6-7-20(16-25)24(15-19)29-2/h4-11,14-15H,3,12-13H2,1-2H3. The van der Waals surface area contributed by atoms with Crippen molar-refractivity contribution in [2.24, 2.45) is 0 Å². The quantitative estimate of drug-likeness (QED) is 0.595. The lowest BCUT2D eigenvalue weighted by molar-refractivity contribution is 0.316. The van der Waals surface area contributed by atoms with Gasteiger partial charge in [-0.05, 0) is 59.5 Å². The van der Waals surface area contributed by atoms with Crippen LogP contribution in [0.25, 0.3) is 11.1 Å². The molecule has 0 fully saturated rings. The molecule has 3 aromatic carbocycles. The number of hydrogen-bond acceptors (Lipinski definition) is 5. The minimum absolute atomic E-state index is 0.227. The van der Waals surface area contributed by atoms with Gasteiger partial charge in [-0.25, -0.2) is 8.42 Å². The van der Waals surface area contributed by atoms with Crippen LogP contribution in [0.5, 0.6) is 11.5 Å². The zero-order chi connectivity index (χ0) is 22.0. The third kappa shape index (κ3) is 3.82. The second-order valence-corrected chi connectivity index (χ2v) is 8.99. The molecule has 0 amide bonds. The van der Waals surface area contributed by atoms with Crippen molar-refractivity contribution in [3.63, 3.8) is 0 Å². The Hall–Kier alpha value is -3.50. The number of methoxy groups -OCH3 is 1. The lowest BCUT2D eigenvalue weighted by atomic mass is 10.0. The van der Waals surface area contributed by atoms with Crippen LogP contribution in [-0.2, 0) is 16.4 Å². The number of anilines is 1. The largest absolute Gasteiger partial charge is 0.495 e. The molecular weight excluding hydrogens is 412 g/mol. The maximum atomic E-state index is 13.4. The first-order valence-corrected chi connectivity index (χ1v) is 11.4. The Morgan fingerprint density at radius 1 is 1.06 bits per heavy atom. The zero-order valence-electron chi connectivity index (χ0n) is 17.3. The van der Waals surface area contributed by atoms with Crippen LogP contribution >= 0.6 is 0 Å². The minimum atomic E-state index is -3.74. The SMILES string of the molecule is CCc1ccc(S(=O)(=O)N2CCOc3ccc(-c4ccc(C#N)c(OC)c4)cc32)cc1. The molecule has 0 radical (unpaired) electrons. The Bertz CT molecular complexity index is 1260. The third-order valence-corrected chi connectivity index (χ3v) is 7.18. The van der Waals surface area contributed by atoms with Gasteiger partial charge < -0.3 is 9.47 Å². The summed E-state index contributed by atoms with van der Waals surface area (Å²) in [7, 11) is -2.22. The van der Waals surface area contributed by atoms with Crippen LogP contribution in [0.2, 0.25) is 0 Å². The molecule has 0 atom stereocenters. The third-order valence-electron chi connectivity index (χ3n) is 5.35. The molecule has 31 heavy (non-hydrogen) atoms. The molecule has 3 aromatic rings. The van der Waals surface area contributed by atoms with Crippen molar-refractivity contribution in [1.29, 1.82) is 5.26 Å². The van der Waals surface area contributed by atoms with Crippen LogP contribution < -0.4 is 13.8 Å². The fourth-order valence-electron chi connectivity index (χ4n) is 3.61. The summed E-state index contributed by atoms with van der Waals surface area (Å²) in [6.45, 7) is 2.54. The Morgan fingerprint density at radius 2 is 1.77 bits per heavy atom. The predicted octanol–water partition coefficient (Wildman–Crippen LogP) is 4.38. The van der Waals surface area contributed by atoms with E-state index < -0.39 is 10.0 Å². The van der Waals surface area contributed by atoms with Gasteiger partial charge in [0.2, 0.25) is 0 Å². The zero-order valence-corrected chi connectivity index (χ0v) is 18.1. The van der Waals surface area contributed by atoms with Gasteiger partial charge in [0, 0.05) is 0 Å². The van der Waals surface area contributed by atoms with E-state index in [0.29, 0.717) is 22.7 Å². The molecule has 1 aliphatic heterocycles. The molecule has 0 spiro atoms. The molecule has 0 aliphatic carbocycles. The number of benzene rings is 3. The molecule has 7 heteroatoms. The number of nitrogens with zero attached hydrogens (tertiary/aromatic N) is 2. The molecule has 0 N–H and O–H groups in total. The fraction of sp³-hybridized carbons (Fsp3) is 0.208. The van der Waals surface area contributed by atoms with E-state index in [0.717, 1.165) is 23.1 Å². The van der Waals surface area contributed by atoms with E-state index in [2.05, 4.69) is 6.07 Å². The van der Waals surface area contributed by atoms with Crippen LogP contribution in [0.15, 0.2) is 65.6 Å². The lowest BCUT2D eigenvalue weighted by Crippen LogP contribution is -2.37. The van der Waals surface area contributed by atoms with Crippen molar-refractivity contribution in [1.82, 2.24) is 0 Å². The number of fused-ring (bicyclic) bond motifs is 1. The number of aryl methyl sites for hydroxylation is 1. The van der Waals surface area contributed by atoms with Gasteiger partial charge in [0.05, 0.1) is 29.8 Å². The highest BCUT2D eigenvalue weighted by molar-refractivity contribution is 7.92. The predicted molar refractivity (Wildman–Crippen MR) is 119 cm³/mol. The number of rotatable bonds is 5. The first-order chi connectivity index (χ1) is 15.0. The number of nitriles is 1. The molecule has 0 unspecified atom stereocenters. The highest BCUT2D eigenvalue weighted by Gasteiger charge is 2.30. The lowest BCUT2D eigenvalue weighted by Gasteiger charge is -2.31. The number of sulfonamides is 1. The summed E-state index contributed by atoms with van der Waals surface area (Å²) in [5.41, 5.74) is 3.62. The normalized spacial score (nSPS) is 13.1. The fourth-order valence-corrected chi connectivity index (χ4v) is 5.06. The highest BCUT2D eigenvalue weighted by atomic mass is 32.2. The molecule has 158 valence electrons. The summed E-state index contributed by atoms with van der Waals surface area (Å²) >= 11 is 0. The summed E-state index contributed by atoms with van der Waals surface area (Å²) in [6.07, 6.45) is 0.845. The molecule has 0 saturated carbocycles. The maximum Gasteiger partial charge on any atom is 0.264 e. The summed E-state index contributed by atoms with van der Waals surface area (Å²) in [5.74, 6) is 0.985. The van der Waals surface area contributed by atoms with E-state index in [1.54, 1.807) is 36.4 Å². The van der Waals surface area contributed by atoms with Crippen LogP contribution in [0.1, 0.15) is 18.1 Å². The van der Waals surface area contributed by atoms with E-state index in [1.165, 1.54) is 11.4 Å². The van der Waals surface area contributed by atoms with E-state index in [1.807, 2.05) is 31.2 Å². The summed E-state index contributed by atoms with van der Waals surface area (Å²) in [4.78, 5) is 0.253. The highest BCUT2D eigenvalue weighted by Crippen LogP contribution is 2.39. The molecule has 1 heterocycles. The van der Waals surface area contributed by atoms with Crippen molar-refractivity contribution in [2.75, 3.05) is 24.6 Å². The minimum Gasteiger partial charge on any atom is -0.495 e. The van der Waals surface area contributed by atoms with Gasteiger partial charge in [0.25, 0.3) is 10.0 Å². The summed E-state index contributed by atoms with van der Waals surface area (Å²) in [6, 6.07) is 19.8. The van der Waals surface area contributed by atoms with E-state index in [-0.39, 0.29) is 18.0 Å². The maximum absolute atomic E-state index is 13.4. The van der Waals surface area contributed by atoms with Gasteiger partial charge >= 0.3 is 0 Å². The van der Waals surface area contributed by atoms with Crippen molar-refractivity contribution in [3.05, 3.63) is 71.8 Å². The van der Waals surface area contributed by atoms with Gasteiger partial charge in [-0.3, -0.25) is 4.31 Å². The monoisotopic (exact) mass is 434 g/mol. The van der Waals surface area contributed by atoms with E-state index in [9.17, 15) is 13.7 Å². The van der Waals surface area contributed by atoms with Crippen molar-refractivity contribution in [3.8, 4) is 28.7 Å².